The Bertz CT molecular complexity index is 241. The minimum atomic E-state index is 0.208. The van der Waals surface area contributed by atoms with Crippen LogP contribution in [-0.2, 0) is 4.74 Å². The molecule has 0 radical (unpaired) electrons. The quantitative estimate of drug-likeness (QED) is 0.625. The van der Waals surface area contributed by atoms with Gasteiger partial charge in [-0.2, -0.15) is 0 Å². The van der Waals surface area contributed by atoms with E-state index in [4.69, 9.17) is 4.74 Å². The summed E-state index contributed by atoms with van der Waals surface area (Å²) >= 11 is 0. The second kappa shape index (κ2) is 5.55. The Morgan fingerprint density at radius 3 is 2.62 bits per heavy atom. The monoisotopic (exact) mass is 176 g/mol. The van der Waals surface area contributed by atoms with Crippen LogP contribution < -0.4 is 0 Å². The first-order chi connectivity index (χ1) is 6.38. The third-order valence-electron chi connectivity index (χ3n) is 2.09. The van der Waals surface area contributed by atoms with Gasteiger partial charge in [-0.15, -0.1) is 6.58 Å². The number of ether oxygens (including phenoxy) is 1. The average Bonchev–Trinajstić information content (AvgIpc) is 2.21. The maximum Gasteiger partial charge on any atom is 0.0824 e. The van der Waals surface area contributed by atoms with Crippen molar-refractivity contribution < 1.29 is 4.74 Å². The van der Waals surface area contributed by atoms with E-state index < -0.39 is 0 Å². The molecule has 0 unspecified atom stereocenters. The highest BCUT2D eigenvalue weighted by atomic mass is 16.5. The van der Waals surface area contributed by atoms with Gasteiger partial charge in [-0.3, -0.25) is 0 Å². The maximum absolute atomic E-state index is 5.39. The molecule has 0 saturated heterocycles. The van der Waals surface area contributed by atoms with Crippen LogP contribution in [0.15, 0.2) is 43.0 Å². The molecule has 0 amide bonds. The molecule has 0 aromatic heterocycles. The van der Waals surface area contributed by atoms with Gasteiger partial charge in [-0.1, -0.05) is 36.4 Å². The van der Waals surface area contributed by atoms with Crippen LogP contribution in [0.1, 0.15) is 24.5 Å². The van der Waals surface area contributed by atoms with Crippen molar-refractivity contribution in [1.29, 1.82) is 0 Å². The summed E-state index contributed by atoms with van der Waals surface area (Å²) in [6.45, 7) is 3.71. The van der Waals surface area contributed by atoms with Gasteiger partial charge in [0.1, 0.15) is 0 Å². The van der Waals surface area contributed by atoms with E-state index in [9.17, 15) is 0 Å². The lowest BCUT2D eigenvalue weighted by Gasteiger charge is -2.14. The fourth-order valence-electron chi connectivity index (χ4n) is 1.36. The maximum atomic E-state index is 5.39. The Hall–Kier alpha value is -1.08. The second-order valence-corrected chi connectivity index (χ2v) is 3.00. The summed E-state index contributed by atoms with van der Waals surface area (Å²) in [5, 5.41) is 0. The molecule has 0 aliphatic carbocycles. The van der Waals surface area contributed by atoms with Gasteiger partial charge in [-0.05, 0) is 18.4 Å². The van der Waals surface area contributed by atoms with E-state index in [0.717, 1.165) is 12.8 Å². The van der Waals surface area contributed by atoms with Crippen molar-refractivity contribution in [2.24, 2.45) is 0 Å². The van der Waals surface area contributed by atoms with Crippen LogP contribution >= 0.6 is 0 Å². The Kier molecular flexibility index (Phi) is 4.27. The first-order valence-corrected chi connectivity index (χ1v) is 4.57. The molecular weight excluding hydrogens is 160 g/mol. The zero-order valence-electron chi connectivity index (χ0n) is 8.07. The van der Waals surface area contributed by atoms with Gasteiger partial charge in [-0.25, -0.2) is 0 Å². The molecule has 0 aliphatic rings. The summed E-state index contributed by atoms with van der Waals surface area (Å²) in [5.74, 6) is 0. The van der Waals surface area contributed by atoms with Gasteiger partial charge in [0.15, 0.2) is 0 Å². The van der Waals surface area contributed by atoms with Gasteiger partial charge in [0, 0.05) is 7.11 Å². The lowest BCUT2D eigenvalue weighted by atomic mass is 10.1. The van der Waals surface area contributed by atoms with Crippen molar-refractivity contribution >= 4 is 0 Å². The molecule has 0 bridgehead atoms. The molecule has 0 saturated carbocycles. The Morgan fingerprint density at radius 2 is 2.08 bits per heavy atom. The van der Waals surface area contributed by atoms with Crippen molar-refractivity contribution in [3.63, 3.8) is 0 Å². The van der Waals surface area contributed by atoms with Crippen molar-refractivity contribution in [3.8, 4) is 0 Å². The molecular formula is C12H16O. The number of hydrogen-bond acceptors (Lipinski definition) is 1. The van der Waals surface area contributed by atoms with Crippen LogP contribution in [-0.4, -0.2) is 7.11 Å². The van der Waals surface area contributed by atoms with Crippen LogP contribution in [0.25, 0.3) is 0 Å². The summed E-state index contributed by atoms with van der Waals surface area (Å²) in [6, 6.07) is 10.3. The highest BCUT2D eigenvalue weighted by molar-refractivity contribution is 5.17. The highest BCUT2D eigenvalue weighted by Crippen LogP contribution is 2.21. The summed E-state index contributed by atoms with van der Waals surface area (Å²) in [6.07, 6.45) is 4.13. The molecule has 0 heterocycles. The molecule has 1 heteroatoms. The number of rotatable bonds is 5. The van der Waals surface area contributed by atoms with E-state index in [-0.39, 0.29) is 6.10 Å². The normalized spacial score (nSPS) is 12.4. The number of benzene rings is 1. The number of allylic oxidation sites excluding steroid dienone is 1. The van der Waals surface area contributed by atoms with E-state index in [1.165, 1.54) is 5.56 Å². The van der Waals surface area contributed by atoms with Crippen molar-refractivity contribution in [2.75, 3.05) is 7.11 Å². The van der Waals surface area contributed by atoms with Gasteiger partial charge >= 0.3 is 0 Å². The summed E-state index contributed by atoms with van der Waals surface area (Å²) in [4.78, 5) is 0. The molecule has 0 fully saturated rings. The topological polar surface area (TPSA) is 9.23 Å². The first-order valence-electron chi connectivity index (χ1n) is 4.57. The fourth-order valence-corrected chi connectivity index (χ4v) is 1.36. The lowest BCUT2D eigenvalue weighted by molar-refractivity contribution is 0.0966. The van der Waals surface area contributed by atoms with Gasteiger partial charge in [0.2, 0.25) is 0 Å². The minimum absolute atomic E-state index is 0.208. The SMILES string of the molecule is C=CCC[C@H](OC)c1ccccc1. The van der Waals surface area contributed by atoms with Crippen LogP contribution in [0.4, 0.5) is 0 Å². The molecule has 1 rings (SSSR count). The van der Waals surface area contributed by atoms with Gasteiger partial charge in [0.25, 0.3) is 0 Å². The number of methoxy groups -OCH3 is 1. The predicted molar refractivity (Wildman–Crippen MR) is 55.6 cm³/mol. The Labute approximate surface area is 80.0 Å². The Balaban J connectivity index is 2.61. The largest absolute Gasteiger partial charge is 0.377 e. The summed E-state index contributed by atoms with van der Waals surface area (Å²) in [5.41, 5.74) is 1.24. The molecule has 0 spiro atoms. The number of hydrogen-bond donors (Lipinski definition) is 0. The highest BCUT2D eigenvalue weighted by Gasteiger charge is 2.07. The molecule has 13 heavy (non-hydrogen) atoms. The van der Waals surface area contributed by atoms with Crippen LogP contribution in [0.2, 0.25) is 0 Å². The first kappa shape index (κ1) is 10.0. The third kappa shape index (κ3) is 3.03. The van der Waals surface area contributed by atoms with Crippen molar-refractivity contribution in [1.82, 2.24) is 0 Å². The molecule has 1 nitrogen and oxygen atoms in total. The molecule has 1 atom stereocenters. The third-order valence-corrected chi connectivity index (χ3v) is 2.09. The molecule has 1 aromatic rings. The molecule has 0 aliphatic heterocycles. The minimum Gasteiger partial charge on any atom is -0.377 e. The van der Waals surface area contributed by atoms with Crippen LogP contribution in [0.5, 0.6) is 0 Å². The van der Waals surface area contributed by atoms with E-state index in [1.807, 2.05) is 24.3 Å². The van der Waals surface area contributed by atoms with Crippen LogP contribution in [0.3, 0.4) is 0 Å². The molecule has 0 N–H and O–H groups in total. The average molecular weight is 176 g/mol. The van der Waals surface area contributed by atoms with E-state index in [2.05, 4.69) is 18.7 Å². The summed E-state index contributed by atoms with van der Waals surface area (Å²) in [7, 11) is 1.75. The smallest absolute Gasteiger partial charge is 0.0824 e. The van der Waals surface area contributed by atoms with E-state index in [0.29, 0.717) is 0 Å². The standard InChI is InChI=1S/C12H16O/c1-3-4-10-12(13-2)11-8-6-5-7-9-11/h3,5-9,12H,1,4,10H2,2H3/t12-/m0/s1. The summed E-state index contributed by atoms with van der Waals surface area (Å²) < 4.78 is 5.39. The lowest BCUT2D eigenvalue weighted by Crippen LogP contribution is -2.00. The zero-order chi connectivity index (χ0) is 9.52. The molecule has 1 aromatic carbocycles. The van der Waals surface area contributed by atoms with E-state index in [1.54, 1.807) is 7.11 Å². The molecule has 70 valence electrons. The van der Waals surface area contributed by atoms with Crippen LogP contribution in [0, 0.1) is 0 Å². The second-order valence-electron chi connectivity index (χ2n) is 3.00. The van der Waals surface area contributed by atoms with Crippen molar-refractivity contribution in [2.45, 2.75) is 18.9 Å². The van der Waals surface area contributed by atoms with E-state index >= 15 is 0 Å². The fraction of sp³-hybridized carbons (Fsp3) is 0.333. The van der Waals surface area contributed by atoms with Gasteiger partial charge in [0.05, 0.1) is 6.10 Å². The zero-order valence-corrected chi connectivity index (χ0v) is 8.07. The van der Waals surface area contributed by atoms with Gasteiger partial charge < -0.3 is 4.74 Å². The predicted octanol–water partition coefficient (Wildman–Crippen LogP) is 3.34. The Morgan fingerprint density at radius 1 is 1.38 bits per heavy atom. The van der Waals surface area contributed by atoms with Crippen molar-refractivity contribution in [3.05, 3.63) is 48.6 Å².